The number of aliphatic hydroxyl groups excluding tert-OH is 2. The van der Waals surface area contributed by atoms with Gasteiger partial charge in [-0.3, -0.25) is 0 Å². The molecule has 0 bridgehead atoms. The number of carboxylic acids is 1. The number of hydrogen-bond donors (Lipinski definition) is 4. The molecule has 0 aromatic carbocycles. The summed E-state index contributed by atoms with van der Waals surface area (Å²) >= 11 is 0. The van der Waals surface area contributed by atoms with Crippen molar-refractivity contribution in [1.82, 2.24) is 0 Å². The predicted molar refractivity (Wildman–Crippen MR) is 55.9 cm³/mol. The zero-order valence-electron chi connectivity index (χ0n) is 8.78. The van der Waals surface area contributed by atoms with Gasteiger partial charge in [-0.15, -0.1) is 0 Å². The van der Waals surface area contributed by atoms with E-state index < -0.39 is 30.2 Å². The molecule has 1 aliphatic rings. The average molecular weight is 240 g/mol. The first-order valence-electron chi connectivity index (χ1n) is 5.01. The van der Waals surface area contributed by atoms with Crippen LogP contribution in [0.2, 0.25) is 0 Å². The molecular formula is C11H12O6. The lowest BCUT2D eigenvalue weighted by Gasteiger charge is -2.33. The van der Waals surface area contributed by atoms with Crippen molar-refractivity contribution >= 4 is 11.5 Å². The summed E-state index contributed by atoms with van der Waals surface area (Å²) < 4.78 is 4.82. The van der Waals surface area contributed by atoms with Gasteiger partial charge in [-0.1, -0.05) is 0 Å². The van der Waals surface area contributed by atoms with E-state index in [9.17, 15) is 20.1 Å². The molecule has 0 aliphatic heterocycles. The molecular weight excluding hydrogens is 228 g/mol. The molecule has 0 radical (unpaired) electrons. The molecule has 0 spiro atoms. The van der Waals surface area contributed by atoms with Gasteiger partial charge in [-0.25, -0.2) is 4.79 Å². The molecule has 1 heterocycles. The Bertz CT molecular complexity index is 449. The van der Waals surface area contributed by atoms with E-state index in [1.165, 1.54) is 18.6 Å². The number of hydrogen-bond acceptors (Lipinski definition) is 5. The van der Waals surface area contributed by atoms with Crippen LogP contribution in [0.3, 0.4) is 0 Å². The first-order chi connectivity index (χ1) is 7.94. The van der Waals surface area contributed by atoms with E-state index >= 15 is 0 Å². The van der Waals surface area contributed by atoms with E-state index in [-0.39, 0.29) is 5.57 Å². The summed E-state index contributed by atoms with van der Waals surface area (Å²) in [6.07, 6.45) is 0.653. The molecule has 6 heteroatoms. The lowest BCUT2D eigenvalue weighted by molar-refractivity contribution is -0.157. The highest BCUT2D eigenvalue weighted by molar-refractivity contribution is 5.85. The lowest BCUT2D eigenvalue weighted by atomic mass is 9.81. The number of furan rings is 1. The molecule has 1 aromatic rings. The highest BCUT2D eigenvalue weighted by Gasteiger charge is 2.44. The van der Waals surface area contributed by atoms with E-state index in [4.69, 9.17) is 9.52 Å². The highest BCUT2D eigenvalue weighted by Crippen LogP contribution is 2.33. The summed E-state index contributed by atoms with van der Waals surface area (Å²) in [7, 11) is 0. The predicted octanol–water partition coefficient (Wildman–Crippen LogP) is -0.396. The van der Waals surface area contributed by atoms with Crippen LogP contribution in [0.1, 0.15) is 12.0 Å². The minimum atomic E-state index is -2.18. The third-order valence-corrected chi connectivity index (χ3v) is 2.82. The van der Waals surface area contributed by atoms with Crippen molar-refractivity contribution in [3.05, 3.63) is 30.2 Å². The van der Waals surface area contributed by atoms with Crippen molar-refractivity contribution in [2.75, 3.05) is 0 Å². The van der Waals surface area contributed by atoms with Gasteiger partial charge in [-0.2, -0.15) is 0 Å². The Morgan fingerprint density at radius 3 is 2.71 bits per heavy atom. The second kappa shape index (κ2) is 3.99. The Kier molecular flexibility index (Phi) is 2.78. The molecule has 92 valence electrons. The Morgan fingerprint density at radius 2 is 2.18 bits per heavy atom. The summed E-state index contributed by atoms with van der Waals surface area (Å²) in [6.45, 7) is 0. The Labute approximate surface area is 96.4 Å². The molecule has 0 saturated carbocycles. The third-order valence-electron chi connectivity index (χ3n) is 2.82. The Hall–Kier alpha value is -1.63. The van der Waals surface area contributed by atoms with Crippen LogP contribution in [0.15, 0.2) is 29.1 Å². The summed E-state index contributed by atoms with van der Waals surface area (Å²) in [6, 6.07) is 1.51. The normalized spacial score (nSPS) is 33.2. The van der Waals surface area contributed by atoms with Crippen molar-refractivity contribution in [2.45, 2.75) is 24.2 Å². The summed E-state index contributed by atoms with van der Waals surface area (Å²) in [5.74, 6) is -1.47. The van der Waals surface area contributed by atoms with E-state index in [1.54, 1.807) is 0 Å². The largest absolute Gasteiger partial charge is 0.479 e. The lowest BCUT2D eigenvalue weighted by Crippen LogP contribution is -2.47. The van der Waals surface area contributed by atoms with Crippen molar-refractivity contribution in [3.63, 3.8) is 0 Å². The molecule has 2 rings (SSSR count). The average Bonchev–Trinajstić information content (AvgIpc) is 2.76. The standard InChI is InChI=1S/C11H12O6/c12-8-4-11(16,10(14)15)3-7(9(8)13)6-1-2-17-5-6/h1-3,5,8-9,12-13,16H,4H2,(H,14,15)/t8-,9-,11+/m1/s1. The van der Waals surface area contributed by atoms with Gasteiger partial charge >= 0.3 is 5.97 Å². The second-order valence-corrected chi connectivity index (χ2v) is 4.06. The first kappa shape index (κ1) is 11.8. The fourth-order valence-corrected chi connectivity index (χ4v) is 1.87. The number of carboxylic acid groups (broad SMARTS) is 1. The van der Waals surface area contributed by atoms with E-state index in [0.29, 0.717) is 5.56 Å². The maximum Gasteiger partial charge on any atom is 0.339 e. The van der Waals surface area contributed by atoms with Gasteiger partial charge in [0.25, 0.3) is 0 Å². The molecule has 0 amide bonds. The molecule has 6 nitrogen and oxygen atoms in total. The van der Waals surface area contributed by atoms with Crippen LogP contribution in [0.5, 0.6) is 0 Å². The quantitative estimate of drug-likeness (QED) is 0.560. The van der Waals surface area contributed by atoms with Gasteiger partial charge in [0, 0.05) is 12.0 Å². The number of carbonyl (C=O) groups is 1. The van der Waals surface area contributed by atoms with Crippen LogP contribution < -0.4 is 0 Å². The van der Waals surface area contributed by atoms with E-state index in [1.807, 2.05) is 0 Å². The van der Waals surface area contributed by atoms with Crippen LogP contribution in [-0.2, 0) is 4.79 Å². The summed E-state index contributed by atoms with van der Waals surface area (Å²) in [5, 5.41) is 38.1. The van der Waals surface area contributed by atoms with Gasteiger partial charge in [0.1, 0.15) is 6.10 Å². The first-order valence-corrected chi connectivity index (χ1v) is 5.01. The Balaban J connectivity index is 2.47. The van der Waals surface area contributed by atoms with E-state index in [0.717, 1.165) is 6.08 Å². The third kappa shape index (κ3) is 1.97. The van der Waals surface area contributed by atoms with Crippen LogP contribution >= 0.6 is 0 Å². The molecule has 3 atom stereocenters. The minimum Gasteiger partial charge on any atom is -0.479 e. The number of aliphatic hydroxyl groups is 3. The number of aliphatic carboxylic acids is 1. The fourth-order valence-electron chi connectivity index (χ4n) is 1.87. The van der Waals surface area contributed by atoms with Crippen LogP contribution in [0.4, 0.5) is 0 Å². The minimum absolute atomic E-state index is 0.141. The van der Waals surface area contributed by atoms with Crippen LogP contribution in [0.25, 0.3) is 5.57 Å². The number of rotatable bonds is 2. The van der Waals surface area contributed by atoms with Gasteiger partial charge in [0.15, 0.2) is 5.60 Å². The molecule has 4 N–H and O–H groups in total. The van der Waals surface area contributed by atoms with Gasteiger partial charge in [0.05, 0.1) is 18.6 Å². The zero-order chi connectivity index (χ0) is 12.6. The maximum absolute atomic E-state index is 10.9. The van der Waals surface area contributed by atoms with Crippen LogP contribution in [-0.4, -0.2) is 44.2 Å². The van der Waals surface area contributed by atoms with Crippen molar-refractivity contribution in [2.24, 2.45) is 0 Å². The second-order valence-electron chi connectivity index (χ2n) is 4.06. The smallest absolute Gasteiger partial charge is 0.339 e. The zero-order valence-corrected chi connectivity index (χ0v) is 8.78. The van der Waals surface area contributed by atoms with Gasteiger partial charge in [-0.05, 0) is 17.7 Å². The van der Waals surface area contributed by atoms with Crippen molar-refractivity contribution in [3.8, 4) is 0 Å². The molecule has 1 aromatic heterocycles. The molecule has 0 fully saturated rings. The SMILES string of the molecule is O=C(O)[C@]1(O)C=C(c2ccoc2)[C@@H](O)[C@H](O)C1. The monoisotopic (exact) mass is 240 g/mol. The Morgan fingerprint density at radius 1 is 1.47 bits per heavy atom. The van der Waals surface area contributed by atoms with Crippen LogP contribution in [0, 0.1) is 0 Å². The highest BCUT2D eigenvalue weighted by atomic mass is 16.4. The molecule has 1 aliphatic carbocycles. The van der Waals surface area contributed by atoms with Gasteiger partial charge < -0.3 is 24.8 Å². The summed E-state index contributed by atoms with van der Waals surface area (Å²) in [5.41, 5.74) is -1.61. The molecule has 0 unspecified atom stereocenters. The summed E-state index contributed by atoms with van der Waals surface area (Å²) in [4.78, 5) is 10.9. The topological polar surface area (TPSA) is 111 Å². The van der Waals surface area contributed by atoms with E-state index in [2.05, 4.69) is 0 Å². The maximum atomic E-state index is 10.9. The van der Waals surface area contributed by atoms with Crippen molar-refractivity contribution < 1.29 is 29.6 Å². The van der Waals surface area contributed by atoms with Gasteiger partial charge in [0.2, 0.25) is 0 Å². The molecule has 17 heavy (non-hydrogen) atoms. The van der Waals surface area contributed by atoms with Crippen molar-refractivity contribution in [1.29, 1.82) is 0 Å². The molecule has 0 saturated heterocycles. The fraction of sp³-hybridized carbons (Fsp3) is 0.364.